The molecule has 2 aromatic rings. The largest absolute Gasteiger partial charge is 0.496 e. The lowest BCUT2D eigenvalue weighted by Crippen LogP contribution is -2.34. The van der Waals surface area contributed by atoms with E-state index in [1.807, 2.05) is 24.3 Å². The number of para-hydroxylation sites is 1. The lowest BCUT2D eigenvalue weighted by molar-refractivity contribution is -0.153. The number of methoxy groups -OCH3 is 1. The quantitative estimate of drug-likeness (QED) is 0.719. The van der Waals surface area contributed by atoms with Crippen LogP contribution >= 0.6 is 11.6 Å². The van der Waals surface area contributed by atoms with Gasteiger partial charge in [0.05, 0.1) is 13.0 Å². The second kappa shape index (κ2) is 9.46. The SMILES string of the molecule is COc1ccccc1CCNC(=O)COC(=O)[C@@H]1COc2ccc(Cl)cc2C1. The van der Waals surface area contributed by atoms with E-state index in [1.54, 1.807) is 25.3 Å². The van der Waals surface area contributed by atoms with Crippen LogP contribution < -0.4 is 14.8 Å². The van der Waals surface area contributed by atoms with Crippen molar-refractivity contribution in [2.75, 3.05) is 26.9 Å². The first-order valence-corrected chi connectivity index (χ1v) is 9.41. The van der Waals surface area contributed by atoms with Crippen LogP contribution in [0.4, 0.5) is 0 Å². The maximum Gasteiger partial charge on any atom is 0.313 e. The highest BCUT2D eigenvalue weighted by Gasteiger charge is 2.27. The molecule has 0 unspecified atom stereocenters. The predicted octanol–water partition coefficient (Wildman–Crippen LogP) is 2.80. The molecule has 0 spiro atoms. The summed E-state index contributed by atoms with van der Waals surface area (Å²) in [7, 11) is 1.61. The molecule has 6 nitrogen and oxygen atoms in total. The zero-order valence-electron chi connectivity index (χ0n) is 15.6. The third kappa shape index (κ3) is 5.16. The van der Waals surface area contributed by atoms with Gasteiger partial charge >= 0.3 is 5.97 Å². The van der Waals surface area contributed by atoms with Crippen molar-refractivity contribution in [3.63, 3.8) is 0 Å². The van der Waals surface area contributed by atoms with E-state index >= 15 is 0 Å². The fourth-order valence-corrected chi connectivity index (χ4v) is 3.26. The van der Waals surface area contributed by atoms with E-state index < -0.39 is 11.9 Å². The van der Waals surface area contributed by atoms with Crippen molar-refractivity contribution in [3.05, 3.63) is 58.6 Å². The summed E-state index contributed by atoms with van der Waals surface area (Å²) in [5.74, 6) is 0.254. The van der Waals surface area contributed by atoms with Gasteiger partial charge in [0.15, 0.2) is 6.61 Å². The van der Waals surface area contributed by atoms with Gasteiger partial charge in [0.2, 0.25) is 0 Å². The van der Waals surface area contributed by atoms with Crippen LogP contribution in [-0.2, 0) is 27.2 Å². The van der Waals surface area contributed by atoms with Gasteiger partial charge in [-0.1, -0.05) is 29.8 Å². The van der Waals surface area contributed by atoms with Crippen molar-refractivity contribution in [1.29, 1.82) is 0 Å². The second-order valence-electron chi connectivity index (χ2n) is 6.48. The molecule has 0 fully saturated rings. The van der Waals surface area contributed by atoms with E-state index in [1.165, 1.54) is 0 Å². The first kappa shape index (κ1) is 20.0. The standard InChI is InChI=1S/C21H22ClNO5/c1-26-18-5-3-2-4-14(18)8-9-23-20(24)13-28-21(25)16-10-15-11-17(22)6-7-19(15)27-12-16/h2-7,11,16H,8-10,12-13H2,1H3,(H,23,24)/t16-/m0/s1. The second-order valence-corrected chi connectivity index (χ2v) is 6.92. The number of carbonyl (C=O) groups excluding carboxylic acids is 2. The van der Waals surface area contributed by atoms with Gasteiger partial charge in [-0.05, 0) is 48.2 Å². The molecule has 1 heterocycles. The van der Waals surface area contributed by atoms with E-state index in [0.717, 1.165) is 22.6 Å². The molecule has 28 heavy (non-hydrogen) atoms. The fourth-order valence-electron chi connectivity index (χ4n) is 3.07. The van der Waals surface area contributed by atoms with Crippen LogP contribution in [0.25, 0.3) is 0 Å². The van der Waals surface area contributed by atoms with Gasteiger partial charge in [0.25, 0.3) is 5.91 Å². The van der Waals surface area contributed by atoms with Crippen molar-refractivity contribution in [2.24, 2.45) is 5.92 Å². The molecule has 0 saturated carbocycles. The molecule has 0 radical (unpaired) electrons. The van der Waals surface area contributed by atoms with E-state index in [4.69, 9.17) is 25.8 Å². The van der Waals surface area contributed by atoms with Crippen molar-refractivity contribution < 1.29 is 23.8 Å². The van der Waals surface area contributed by atoms with Crippen LogP contribution in [0.1, 0.15) is 11.1 Å². The number of esters is 1. The van der Waals surface area contributed by atoms with Gasteiger partial charge in [-0.3, -0.25) is 9.59 Å². The Hall–Kier alpha value is -2.73. The minimum Gasteiger partial charge on any atom is -0.496 e. The van der Waals surface area contributed by atoms with Crippen molar-refractivity contribution in [3.8, 4) is 11.5 Å². The Morgan fingerprint density at radius 1 is 1.25 bits per heavy atom. The highest BCUT2D eigenvalue weighted by Crippen LogP contribution is 2.30. The number of halogens is 1. The minimum absolute atomic E-state index is 0.225. The Morgan fingerprint density at radius 3 is 2.89 bits per heavy atom. The number of fused-ring (bicyclic) bond motifs is 1. The van der Waals surface area contributed by atoms with Gasteiger partial charge in [0, 0.05) is 11.6 Å². The normalized spacial score (nSPS) is 15.1. The van der Waals surface area contributed by atoms with Gasteiger partial charge in [-0.15, -0.1) is 0 Å². The molecule has 0 aliphatic carbocycles. The maximum atomic E-state index is 12.2. The summed E-state index contributed by atoms with van der Waals surface area (Å²) < 4.78 is 16.0. The molecule has 0 saturated heterocycles. The number of rotatable bonds is 7. The Balaban J connectivity index is 1.41. The van der Waals surface area contributed by atoms with Crippen molar-refractivity contribution in [2.45, 2.75) is 12.8 Å². The summed E-state index contributed by atoms with van der Waals surface area (Å²) >= 11 is 5.99. The first-order valence-electron chi connectivity index (χ1n) is 9.03. The zero-order chi connectivity index (χ0) is 19.9. The van der Waals surface area contributed by atoms with E-state index in [9.17, 15) is 9.59 Å². The van der Waals surface area contributed by atoms with Gasteiger partial charge in [-0.2, -0.15) is 0 Å². The van der Waals surface area contributed by atoms with Crippen LogP contribution in [0.5, 0.6) is 11.5 Å². The minimum atomic E-state index is -0.453. The molecule has 7 heteroatoms. The molecule has 1 aliphatic heterocycles. The van der Waals surface area contributed by atoms with E-state index in [0.29, 0.717) is 24.4 Å². The average molecular weight is 404 g/mol. The Bertz CT molecular complexity index is 854. The fraction of sp³-hybridized carbons (Fsp3) is 0.333. The maximum absolute atomic E-state index is 12.2. The molecule has 1 atom stereocenters. The molecule has 1 amide bonds. The smallest absolute Gasteiger partial charge is 0.313 e. The number of carbonyl (C=O) groups is 2. The average Bonchev–Trinajstić information content (AvgIpc) is 2.71. The number of ether oxygens (including phenoxy) is 3. The highest BCUT2D eigenvalue weighted by molar-refractivity contribution is 6.30. The van der Waals surface area contributed by atoms with E-state index in [2.05, 4.69) is 5.32 Å². The van der Waals surface area contributed by atoms with Crippen molar-refractivity contribution >= 4 is 23.5 Å². The van der Waals surface area contributed by atoms with Crippen LogP contribution in [0, 0.1) is 5.92 Å². The molecule has 0 aromatic heterocycles. The summed E-state index contributed by atoms with van der Waals surface area (Å²) in [6, 6.07) is 12.9. The van der Waals surface area contributed by atoms with Crippen LogP contribution in [0.3, 0.4) is 0 Å². The lowest BCUT2D eigenvalue weighted by atomic mass is 9.97. The number of hydrogen-bond acceptors (Lipinski definition) is 5. The third-order valence-corrected chi connectivity index (χ3v) is 4.75. The number of amides is 1. The number of nitrogens with one attached hydrogen (secondary N) is 1. The van der Waals surface area contributed by atoms with Crippen LogP contribution in [0.2, 0.25) is 5.02 Å². The first-order chi connectivity index (χ1) is 13.6. The van der Waals surface area contributed by atoms with E-state index in [-0.39, 0.29) is 19.1 Å². The highest BCUT2D eigenvalue weighted by atomic mass is 35.5. The Labute approximate surface area is 168 Å². The van der Waals surface area contributed by atoms with Crippen molar-refractivity contribution in [1.82, 2.24) is 5.32 Å². The summed E-state index contributed by atoms with van der Waals surface area (Å²) in [5.41, 5.74) is 1.86. The molecule has 1 aliphatic rings. The summed E-state index contributed by atoms with van der Waals surface area (Å²) in [6.45, 7) is 0.335. The molecule has 0 bridgehead atoms. The summed E-state index contributed by atoms with van der Waals surface area (Å²) in [4.78, 5) is 24.2. The molecular weight excluding hydrogens is 382 g/mol. The number of benzene rings is 2. The Morgan fingerprint density at radius 2 is 2.07 bits per heavy atom. The van der Waals surface area contributed by atoms with Crippen LogP contribution in [0.15, 0.2) is 42.5 Å². The van der Waals surface area contributed by atoms with Gasteiger partial charge < -0.3 is 19.5 Å². The zero-order valence-corrected chi connectivity index (χ0v) is 16.3. The summed E-state index contributed by atoms with van der Waals surface area (Å²) in [6.07, 6.45) is 1.10. The third-order valence-electron chi connectivity index (χ3n) is 4.52. The summed E-state index contributed by atoms with van der Waals surface area (Å²) in [5, 5.41) is 3.33. The Kier molecular flexibility index (Phi) is 6.76. The number of hydrogen-bond donors (Lipinski definition) is 1. The lowest BCUT2D eigenvalue weighted by Gasteiger charge is -2.24. The molecule has 3 rings (SSSR count). The molecule has 148 valence electrons. The predicted molar refractivity (Wildman–Crippen MR) is 105 cm³/mol. The molecule has 2 aromatic carbocycles. The van der Waals surface area contributed by atoms with Crippen LogP contribution in [-0.4, -0.2) is 38.7 Å². The van der Waals surface area contributed by atoms with Gasteiger partial charge in [-0.25, -0.2) is 0 Å². The monoisotopic (exact) mass is 403 g/mol. The van der Waals surface area contributed by atoms with Gasteiger partial charge in [0.1, 0.15) is 18.1 Å². The molecular formula is C21H22ClNO5. The topological polar surface area (TPSA) is 73.9 Å². The molecule has 1 N–H and O–H groups in total.